The van der Waals surface area contributed by atoms with Crippen LogP contribution in [0.3, 0.4) is 0 Å². The Bertz CT molecular complexity index is 1010. The smallest absolute Gasteiger partial charge is 0.160 e. The Morgan fingerprint density at radius 1 is 1.03 bits per heavy atom. The second-order valence-electron chi connectivity index (χ2n) is 7.90. The second-order valence-corrected chi connectivity index (χ2v) is 7.90. The van der Waals surface area contributed by atoms with Crippen molar-refractivity contribution in [1.82, 2.24) is 10.3 Å². The summed E-state index contributed by atoms with van der Waals surface area (Å²) in [5.41, 5.74) is 8.45. The van der Waals surface area contributed by atoms with E-state index < -0.39 is 0 Å². The zero-order valence-corrected chi connectivity index (χ0v) is 18.0. The van der Waals surface area contributed by atoms with Crippen molar-refractivity contribution in [2.24, 2.45) is 0 Å². The topological polar surface area (TPSA) is 46.3 Å². The third kappa shape index (κ3) is 3.62. The molecule has 0 saturated carbocycles. The van der Waals surface area contributed by atoms with E-state index in [1.807, 2.05) is 6.07 Å². The van der Waals surface area contributed by atoms with Gasteiger partial charge in [0.25, 0.3) is 0 Å². The molecule has 4 heteroatoms. The number of rotatable bonds is 7. The summed E-state index contributed by atoms with van der Waals surface area (Å²) < 4.78 is 10.9. The fourth-order valence-electron chi connectivity index (χ4n) is 4.81. The van der Waals surface area contributed by atoms with Crippen LogP contribution < -0.4 is 14.8 Å². The fraction of sp³-hybridized carbons (Fsp3) is 0.440. The van der Waals surface area contributed by atoms with E-state index in [0.717, 1.165) is 43.7 Å². The highest BCUT2D eigenvalue weighted by molar-refractivity contribution is 5.89. The van der Waals surface area contributed by atoms with Gasteiger partial charge in [0.05, 0.1) is 20.3 Å². The third-order valence-electron chi connectivity index (χ3n) is 6.19. The van der Waals surface area contributed by atoms with E-state index in [2.05, 4.69) is 48.4 Å². The fourth-order valence-corrected chi connectivity index (χ4v) is 4.81. The maximum atomic E-state index is 5.50. The molecule has 0 fully saturated rings. The van der Waals surface area contributed by atoms with Crippen molar-refractivity contribution >= 4 is 10.9 Å². The first-order chi connectivity index (χ1) is 14.2. The molecule has 1 aliphatic rings. The summed E-state index contributed by atoms with van der Waals surface area (Å²) >= 11 is 0. The molecule has 0 bridgehead atoms. The van der Waals surface area contributed by atoms with Gasteiger partial charge in [-0.3, -0.25) is 0 Å². The first kappa shape index (κ1) is 19.8. The number of aromatic amines is 1. The highest BCUT2D eigenvalue weighted by Crippen LogP contribution is 2.36. The molecule has 0 spiro atoms. The first-order valence-electron chi connectivity index (χ1n) is 10.8. The van der Waals surface area contributed by atoms with Crippen LogP contribution in [0.25, 0.3) is 10.9 Å². The average Bonchev–Trinajstić information content (AvgIpc) is 3.14. The average molecular weight is 393 g/mol. The normalized spacial score (nSPS) is 16.1. The van der Waals surface area contributed by atoms with Gasteiger partial charge in [0.15, 0.2) is 11.5 Å². The summed E-state index contributed by atoms with van der Waals surface area (Å²) in [7, 11) is 3.37. The van der Waals surface area contributed by atoms with E-state index in [-0.39, 0.29) is 6.04 Å². The van der Waals surface area contributed by atoms with Crippen molar-refractivity contribution in [2.45, 2.75) is 52.0 Å². The predicted molar refractivity (Wildman–Crippen MR) is 119 cm³/mol. The molecular weight excluding hydrogens is 360 g/mol. The van der Waals surface area contributed by atoms with Crippen LogP contribution in [0.15, 0.2) is 30.3 Å². The minimum atomic E-state index is 0.281. The van der Waals surface area contributed by atoms with Crippen LogP contribution in [-0.4, -0.2) is 25.7 Å². The van der Waals surface area contributed by atoms with Gasteiger partial charge in [-0.05, 0) is 72.7 Å². The van der Waals surface area contributed by atoms with Gasteiger partial charge >= 0.3 is 0 Å². The van der Waals surface area contributed by atoms with Crippen molar-refractivity contribution < 1.29 is 9.47 Å². The molecule has 1 unspecified atom stereocenters. The standard InChI is InChI=1S/C25H32N2O2/c1-5-7-18-17(6-2)9-10-20-24(18)19-12-13-26-21(25(19)27-20)14-16-8-11-22(28-3)23(15-16)29-4/h8-11,15,21,26-27H,5-7,12-14H2,1-4H3. The molecule has 3 aromatic rings. The van der Waals surface area contributed by atoms with Gasteiger partial charge in [0, 0.05) is 16.6 Å². The lowest BCUT2D eigenvalue weighted by atomic mass is 9.90. The highest BCUT2D eigenvalue weighted by Gasteiger charge is 2.26. The lowest BCUT2D eigenvalue weighted by molar-refractivity contribution is 0.354. The van der Waals surface area contributed by atoms with E-state index in [4.69, 9.17) is 9.47 Å². The number of hydrogen-bond acceptors (Lipinski definition) is 3. The summed E-state index contributed by atoms with van der Waals surface area (Å²) in [6.45, 7) is 5.56. The van der Waals surface area contributed by atoms with Crippen LogP contribution in [0.4, 0.5) is 0 Å². The minimum Gasteiger partial charge on any atom is -0.493 e. The van der Waals surface area contributed by atoms with Gasteiger partial charge in [-0.15, -0.1) is 0 Å². The summed E-state index contributed by atoms with van der Waals surface area (Å²) in [4.78, 5) is 3.77. The van der Waals surface area contributed by atoms with E-state index >= 15 is 0 Å². The van der Waals surface area contributed by atoms with E-state index in [9.17, 15) is 0 Å². The molecule has 154 valence electrons. The third-order valence-corrected chi connectivity index (χ3v) is 6.19. The molecule has 0 amide bonds. The van der Waals surface area contributed by atoms with Gasteiger partial charge in [-0.1, -0.05) is 32.4 Å². The van der Waals surface area contributed by atoms with Crippen LogP contribution in [0.1, 0.15) is 54.3 Å². The van der Waals surface area contributed by atoms with Crippen LogP contribution in [0, 0.1) is 0 Å². The lowest BCUT2D eigenvalue weighted by Gasteiger charge is -2.25. The number of methoxy groups -OCH3 is 2. The maximum Gasteiger partial charge on any atom is 0.160 e. The van der Waals surface area contributed by atoms with Crippen LogP contribution in [0.2, 0.25) is 0 Å². The summed E-state index contributed by atoms with van der Waals surface area (Å²) in [5.74, 6) is 1.56. The zero-order chi connectivity index (χ0) is 20.4. The molecule has 4 rings (SSSR count). The van der Waals surface area contributed by atoms with Crippen molar-refractivity contribution in [3.8, 4) is 11.5 Å². The number of hydrogen-bond donors (Lipinski definition) is 2. The zero-order valence-electron chi connectivity index (χ0n) is 18.0. The molecule has 1 atom stereocenters. The van der Waals surface area contributed by atoms with Gasteiger partial charge < -0.3 is 19.8 Å². The Hall–Kier alpha value is -2.46. The second kappa shape index (κ2) is 8.50. The van der Waals surface area contributed by atoms with Crippen molar-refractivity contribution in [3.63, 3.8) is 0 Å². The molecule has 1 aromatic heterocycles. The number of aryl methyl sites for hydroxylation is 2. The van der Waals surface area contributed by atoms with Gasteiger partial charge in [0.1, 0.15) is 0 Å². The minimum absolute atomic E-state index is 0.281. The quantitative estimate of drug-likeness (QED) is 0.586. The van der Waals surface area contributed by atoms with E-state index in [1.165, 1.54) is 39.7 Å². The largest absolute Gasteiger partial charge is 0.493 e. The predicted octanol–water partition coefficient (Wildman–Crippen LogP) is 5.13. The molecule has 4 nitrogen and oxygen atoms in total. The highest BCUT2D eigenvalue weighted by atomic mass is 16.5. The number of aromatic nitrogens is 1. The van der Waals surface area contributed by atoms with E-state index in [0.29, 0.717) is 0 Å². The van der Waals surface area contributed by atoms with Gasteiger partial charge in [-0.2, -0.15) is 0 Å². The maximum absolute atomic E-state index is 5.50. The van der Waals surface area contributed by atoms with Crippen LogP contribution in [0.5, 0.6) is 11.5 Å². The summed E-state index contributed by atoms with van der Waals surface area (Å²) in [6.07, 6.45) is 5.43. The summed E-state index contributed by atoms with van der Waals surface area (Å²) in [6, 6.07) is 11.1. The van der Waals surface area contributed by atoms with Crippen LogP contribution >= 0.6 is 0 Å². The Morgan fingerprint density at radius 3 is 2.59 bits per heavy atom. The molecule has 1 aliphatic heterocycles. The summed E-state index contributed by atoms with van der Waals surface area (Å²) in [5, 5.41) is 5.21. The number of fused-ring (bicyclic) bond motifs is 3. The molecule has 29 heavy (non-hydrogen) atoms. The SMILES string of the molecule is CCCc1c(CC)ccc2[nH]c3c(c12)CCNC3Cc1ccc(OC)c(OC)c1. The van der Waals surface area contributed by atoms with Crippen molar-refractivity contribution in [2.75, 3.05) is 20.8 Å². The number of H-pyrrole nitrogens is 1. The van der Waals surface area contributed by atoms with Gasteiger partial charge in [0.2, 0.25) is 0 Å². The van der Waals surface area contributed by atoms with Crippen molar-refractivity contribution in [3.05, 3.63) is 58.3 Å². The van der Waals surface area contributed by atoms with Gasteiger partial charge in [-0.25, -0.2) is 0 Å². The molecule has 0 saturated heterocycles. The molecule has 0 aliphatic carbocycles. The molecule has 2 aromatic carbocycles. The number of nitrogens with one attached hydrogen (secondary N) is 2. The Morgan fingerprint density at radius 2 is 1.86 bits per heavy atom. The molecular formula is C25H32N2O2. The number of ether oxygens (including phenoxy) is 2. The lowest BCUT2D eigenvalue weighted by Crippen LogP contribution is -2.31. The Balaban J connectivity index is 1.73. The molecule has 2 heterocycles. The molecule has 2 N–H and O–H groups in total. The van der Waals surface area contributed by atoms with Crippen molar-refractivity contribution in [1.29, 1.82) is 0 Å². The number of benzene rings is 2. The monoisotopic (exact) mass is 392 g/mol. The Labute approximate surface area is 173 Å². The van der Waals surface area contributed by atoms with E-state index in [1.54, 1.807) is 19.8 Å². The Kier molecular flexibility index (Phi) is 5.81. The van der Waals surface area contributed by atoms with Crippen LogP contribution in [-0.2, 0) is 25.7 Å². The first-order valence-corrected chi connectivity index (χ1v) is 10.8. The molecule has 0 radical (unpaired) electrons.